The zero-order chi connectivity index (χ0) is 30.6. The van der Waals surface area contributed by atoms with Gasteiger partial charge < -0.3 is 30.3 Å². The Labute approximate surface area is 259 Å². The lowest BCUT2D eigenvalue weighted by molar-refractivity contribution is -0.144. The van der Waals surface area contributed by atoms with Gasteiger partial charge in [-0.1, -0.05) is 22.0 Å². The van der Waals surface area contributed by atoms with Crippen LogP contribution >= 0.6 is 15.9 Å². The highest BCUT2D eigenvalue weighted by Crippen LogP contribution is 2.33. The second kappa shape index (κ2) is 16.0. The summed E-state index contributed by atoms with van der Waals surface area (Å²) in [5.74, 6) is -0.0341. The molecule has 12 nitrogen and oxygen atoms in total. The topological polar surface area (TPSA) is 138 Å². The van der Waals surface area contributed by atoms with Crippen LogP contribution in [-0.4, -0.2) is 97.1 Å². The first kappa shape index (κ1) is 31.9. The largest absolute Gasteiger partial charge is 0.494 e. The Kier molecular flexibility index (Phi) is 11.8. The number of amides is 2. The number of benzene rings is 2. The van der Waals surface area contributed by atoms with Crippen LogP contribution in [0.3, 0.4) is 0 Å². The fourth-order valence-corrected chi connectivity index (χ4v) is 5.01. The van der Waals surface area contributed by atoms with Crippen molar-refractivity contribution in [3.63, 3.8) is 0 Å². The van der Waals surface area contributed by atoms with Crippen molar-refractivity contribution >= 4 is 61.8 Å². The van der Waals surface area contributed by atoms with E-state index in [0.29, 0.717) is 47.9 Å². The molecule has 2 heterocycles. The van der Waals surface area contributed by atoms with E-state index >= 15 is 0 Å². The standard InChI is InChI=1S/C30H36BrN7O5/c1-3-43-29(41)19-38-14-12-37(13-15-38)11-5-10-32-27(39)8-9-28(40)36-25-17-23-24(18-26(25)42-2)33-20-34-30(23)35-22-7-4-6-21(31)16-22/h4,6-9,16-18,20H,3,5,10-15,19H2,1-2H3,(H,32,39)(H,36,40)(H,33,34,35). The van der Waals surface area contributed by atoms with Gasteiger partial charge >= 0.3 is 5.97 Å². The summed E-state index contributed by atoms with van der Waals surface area (Å²) in [4.78, 5) is 49.7. The van der Waals surface area contributed by atoms with Gasteiger partial charge in [0.25, 0.3) is 0 Å². The maximum Gasteiger partial charge on any atom is 0.320 e. The molecule has 1 saturated heterocycles. The summed E-state index contributed by atoms with van der Waals surface area (Å²) in [6.45, 7) is 7.18. The van der Waals surface area contributed by atoms with Gasteiger partial charge in [0.1, 0.15) is 17.9 Å². The van der Waals surface area contributed by atoms with Crippen molar-refractivity contribution in [1.82, 2.24) is 25.1 Å². The molecule has 1 aliphatic rings. The van der Waals surface area contributed by atoms with E-state index in [2.05, 4.69) is 51.6 Å². The number of rotatable bonds is 13. The van der Waals surface area contributed by atoms with Crippen LogP contribution in [0.5, 0.6) is 5.75 Å². The first-order valence-corrected chi connectivity index (χ1v) is 14.9. The van der Waals surface area contributed by atoms with E-state index < -0.39 is 5.91 Å². The van der Waals surface area contributed by atoms with Crippen LogP contribution in [0.15, 0.2) is 59.4 Å². The van der Waals surface area contributed by atoms with Crippen LogP contribution in [0.2, 0.25) is 0 Å². The average molecular weight is 655 g/mol. The highest BCUT2D eigenvalue weighted by molar-refractivity contribution is 9.10. The van der Waals surface area contributed by atoms with Crippen molar-refractivity contribution in [2.75, 3.05) is 70.2 Å². The number of methoxy groups -OCH3 is 1. The summed E-state index contributed by atoms with van der Waals surface area (Å²) in [6, 6.07) is 11.1. The molecular formula is C30H36BrN7O5. The molecule has 0 radical (unpaired) electrons. The number of esters is 1. The number of ether oxygens (including phenoxy) is 2. The van der Waals surface area contributed by atoms with E-state index in [-0.39, 0.29) is 11.9 Å². The number of aromatic nitrogens is 2. The Morgan fingerprint density at radius 2 is 1.79 bits per heavy atom. The number of hydrogen-bond donors (Lipinski definition) is 3. The number of nitrogens with zero attached hydrogens (tertiary/aromatic N) is 4. The molecule has 0 bridgehead atoms. The minimum absolute atomic E-state index is 0.190. The lowest BCUT2D eigenvalue weighted by Crippen LogP contribution is -2.48. The monoisotopic (exact) mass is 653 g/mol. The van der Waals surface area contributed by atoms with Gasteiger partial charge in [-0.3, -0.25) is 19.3 Å². The molecule has 0 unspecified atom stereocenters. The van der Waals surface area contributed by atoms with Gasteiger partial charge in [-0.2, -0.15) is 0 Å². The Morgan fingerprint density at radius 1 is 1.02 bits per heavy atom. The zero-order valence-electron chi connectivity index (χ0n) is 24.3. The van der Waals surface area contributed by atoms with Gasteiger partial charge in [0.2, 0.25) is 11.8 Å². The summed E-state index contributed by atoms with van der Waals surface area (Å²) >= 11 is 3.47. The number of hydrogen-bond acceptors (Lipinski definition) is 10. The molecule has 2 amide bonds. The predicted molar refractivity (Wildman–Crippen MR) is 168 cm³/mol. The molecule has 43 heavy (non-hydrogen) atoms. The molecule has 0 spiro atoms. The number of halogens is 1. The molecular weight excluding hydrogens is 618 g/mol. The van der Waals surface area contributed by atoms with E-state index in [9.17, 15) is 14.4 Å². The highest BCUT2D eigenvalue weighted by atomic mass is 79.9. The Balaban J connectivity index is 1.25. The van der Waals surface area contributed by atoms with Crippen LogP contribution in [0.1, 0.15) is 13.3 Å². The third kappa shape index (κ3) is 9.73. The molecule has 2 aromatic carbocycles. The van der Waals surface area contributed by atoms with Gasteiger partial charge in [-0.05, 0) is 44.2 Å². The van der Waals surface area contributed by atoms with E-state index in [0.717, 1.165) is 49.3 Å². The molecule has 4 rings (SSSR count). The summed E-state index contributed by atoms with van der Waals surface area (Å²) in [6.07, 6.45) is 4.62. The van der Waals surface area contributed by atoms with Crippen molar-refractivity contribution in [2.24, 2.45) is 0 Å². The molecule has 0 aliphatic carbocycles. The number of carbonyl (C=O) groups excluding carboxylic acids is 3. The van der Waals surface area contributed by atoms with Crippen LogP contribution in [-0.2, 0) is 19.1 Å². The van der Waals surface area contributed by atoms with Gasteiger partial charge in [0.05, 0.1) is 31.5 Å². The van der Waals surface area contributed by atoms with Crippen molar-refractivity contribution in [1.29, 1.82) is 0 Å². The van der Waals surface area contributed by atoms with Crippen LogP contribution < -0.4 is 20.7 Å². The molecule has 0 saturated carbocycles. The molecule has 13 heteroatoms. The smallest absolute Gasteiger partial charge is 0.320 e. The lowest BCUT2D eigenvalue weighted by atomic mass is 10.2. The summed E-state index contributed by atoms with van der Waals surface area (Å²) in [7, 11) is 1.51. The average Bonchev–Trinajstić information content (AvgIpc) is 2.99. The summed E-state index contributed by atoms with van der Waals surface area (Å²) < 4.78 is 11.4. The highest BCUT2D eigenvalue weighted by Gasteiger charge is 2.19. The number of piperazine rings is 1. The van der Waals surface area contributed by atoms with E-state index in [1.165, 1.54) is 25.6 Å². The number of fused-ring (bicyclic) bond motifs is 1. The van der Waals surface area contributed by atoms with Crippen LogP contribution in [0.4, 0.5) is 17.2 Å². The fourth-order valence-electron chi connectivity index (χ4n) is 4.61. The molecule has 0 atom stereocenters. The first-order chi connectivity index (χ1) is 20.8. The van der Waals surface area contributed by atoms with Crippen LogP contribution in [0.25, 0.3) is 10.9 Å². The van der Waals surface area contributed by atoms with Gasteiger partial charge in [-0.15, -0.1) is 0 Å². The molecule has 1 aromatic heterocycles. The van der Waals surface area contributed by atoms with Crippen LogP contribution in [0, 0.1) is 0 Å². The summed E-state index contributed by atoms with van der Waals surface area (Å²) in [5.41, 5.74) is 1.88. The van der Waals surface area contributed by atoms with Crippen molar-refractivity contribution in [3.8, 4) is 5.75 Å². The van der Waals surface area contributed by atoms with Crippen molar-refractivity contribution < 1.29 is 23.9 Å². The van der Waals surface area contributed by atoms with E-state index in [1.807, 2.05) is 24.3 Å². The second-order valence-electron chi connectivity index (χ2n) is 9.82. The minimum atomic E-state index is -0.480. The maximum absolute atomic E-state index is 12.7. The Hall–Kier alpha value is -4.07. The van der Waals surface area contributed by atoms with Gasteiger partial charge in [0.15, 0.2) is 0 Å². The predicted octanol–water partition coefficient (Wildman–Crippen LogP) is 3.33. The minimum Gasteiger partial charge on any atom is -0.494 e. The number of carbonyl (C=O) groups is 3. The third-order valence-corrected chi connectivity index (χ3v) is 7.25. The SMILES string of the molecule is CCOC(=O)CN1CCN(CCCNC(=O)C=CC(=O)Nc2cc3c(Nc4cccc(Br)c4)ncnc3cc2OC)CC1. The van der Waals surface area contributed by atoms with E-state index in [1.54, 1.807) is 19.1 Å². The zero-order valence-corrected chi connectivity index (χ0v) is 25.9. The quantitative estimate of drug-likeness (QED) is 0.143. The maximum atomic E-state index is 12.7. The first-order valence-electron chi connectivity index (χ1n) is 14.1. The van der Waals surface area contributed by atoms with Crippen molar-refractivity contribution in [2.45, 2.75) is 13.3 Å². The Morgan fingerprint density at radius 3 is 2.53 bits per heavy atom. The lowest BCUT2D eigenvalue weighted by Gasteiger charge is -2.34. The second-order valence-corrected chi connectivity index (χ2v) is 10.7. The normalized spacial score (nSPS) is 14.0. The van der Waals surface area contributed by atoms with E-state index in [4.69, 9.17) is 9.47 Å². The molecule has 3 aromatic rings. The number of nitrogens with one attached hydrogen (secondary N) is 3. The summed E-state index contributed by atoms with van der Waals surface area (Å²) in [5, 5.41) is 9.56. The van der Waals surface area contributed by atoms with Gasteiger partial charge in [0, 0.05) is 66.5 Å². The van der Waals surface area contributed by atoms with Gasteiger partial charge in [-0.25, -0.2) is 9.97 Å². The van der Waals surface area contributed by atoms with Crippen molar-refractivity contribution in [3.05, 3.63) is 59.4 Å². The Bertz CT molecular complexity index is 1460. The molecule has 1 aliphatic heterocycles. The molecule has 1 fully saturated rings. The molecule has 228 valence electrons. The fraction of sp³-hybridized carbons (Fsp3) is 0.367. The number of anilines is 3. The third-order valence-electron chi connectivity index (χ3n) is 6.76. The molecule has 3 N–H and O–H groups in total.